The van der Waals surface area contributed by atoms with Gasteiger partial charge >= 0.3 is 0 Å². The third-order valence-corrected chi connectivity index (χ3v) is 3.66. The maximum Gasteiger partial charge on any atom is 0.130 e. The summed E-state index contributed by atoms with van der Waals surface area (Å²) in [7, 11) is 0. The van der Waals surface area contributed by atoms with Crippen molar-refractivity contribution in [3.05, 3.63) is 58.6 Å². The van der Waals surface area contributed by atoms with Crippen molar-refractivity contribution in [1.82, 2.24) is 5.32 Å². The minimum atomic E-state index is 0.319. The highest BCUT2D eigenvalue weighted by Gasteiger charge is 2.07. The first kappa shape index (κ1) is 15.9. The molecular formula is C18H22ClNO. The number of hydrogen-bond acceptors (Lipinski definition) is 2. The molecule has 112 valence electrons. The highest BCUT2D eigenvalue weighted by molar-refractivity contribution is 6.30. The van der Waals surface area contributed by atoms with Crippen molar-refractivity contribution in [3.63, 3.8) is 0 Å². The minimum Gasteiger partial charge on any atom is -0.457 e. The topological polar surface area (TPSA) is 21.3 Å². The molecule has 0 aliphatic rings. The molecule has 0 aliphatic carbocycles. The van der Waals surface area contributed by atoms with Crippen molar-refractivity contribution < 1.29 is 4.74 Å². The average Bonchev–Trinajstić information content (AvgIpc) is 2.48. The number of rotatable bonds is 6. The van der Waals surface area contributed by atoms with Gasteiger partial charge in [-0.05, 0) is 68.3 Å². The molecule has 0 spiro atoms. The summed E-state index contributed by atoms with van der Waals surface area (Å²) in [6, 6.07) is 14.2. The van der Waals surface area contributed by atoms with Gasteiger partial charge in [-0.1, -0.05) is 30.7 Å². The average molecular weight is 304 g/mol. The molecule has 0 aliphatic heterocycles. The molecule has 1 unspecified atom stereocenters. The molecule has 2 aromatic carbocycles. The molecule has 0 fully saturated rings. The lowest BCUT2D eigenvalue weighted by molar-refractivity contribution is 0.476. The maximum atomic E-state index is 5.97. The van der Waals surface area contributed by atoms with Crippen molar-refractivity contribution in [3.8, 4) is 11.5 Å². The molecule has 0 bridgehead atoms. The first-order valence-electron chi connectivity index (χ1n) is 7.37. The van der Waals surface area contributed by atoms with Gasteiger partial charge in [0, 0.05) is 11.1 Å². The fourth-order valence-corrected chi connectivity index (χ4v) is 2.41. The summed E-state index contributed by atoms with van der Waals surface area (Å²) in [6.45, 7) is 7.35. The zero-order chi connectivity index (χ0) is 15.2. The van der Waals surface area contributed by atoms with E-state index in [0.29, 0.717) is 6.04 Å². The standard InChI is InChI=1S/C18H22ClNO/c1-4-10-20-14(3)15-6-5-7-17(12-15)21-18-9-8-16(19)11-13(18)2/h5-9,11-12,14,20H,4,10H2,1-3H3. The van der Waals surface area contributed by atoms with Crippen LogP contribution in [-0.4, -0.2) is 6.54 Å². The Kier molecular flexibility index (Phi) is 5.66. The molecule has 1 N–H and O–H groups in total. The number of hydrogen-bond donors (Lipinski definition) is 1. The van der Waals surface area contributed by atoms with E-state index in [0.717, 1.165) is 35.1 Å². The summed E-state index contributed by atoms with van der Waals surface area (Å²) < 4.78 is 5.97. The van der Waals surface area contributed by atoms with Crippen molar-refractivity contribution in [1.29, 1.82) is 0 Å². The van der Waals surface area contributed by atoms with Crippen LogP contribution < -0.4 is 10.1 Å². The van der Waals surface area contributed by atoms with Gasteiger partial charge in [0.05, 0.1) is 0 Å². The molecule has 0 radical (unpaired) electrons. The van der Waals surface area contributed by atoms with Crippen molar-refractivity contribution >= 4 is 11.6 Å². The zero-order valence-corrected chi connectivity index (χ0v) is 13.6. The van der Waals surface area contributed by atoms with Crippen LogP contribution in [0.4, 0.5) is 0 Å². The van der Waals surface area contributed by atoms with E-state index in [1.807, 2.05) is 37.3 Å². The second kappa shape index (κ2) is 7.48. The van der Waals surface area contributed by atoms with Gasteiger partial charge in [0.1, 0.15) is 11.5 Å². The van der Waals surface area contributed by atoms with Crippen LogP contribution in [0.15, 0.2) is 42.5 Å². The Morgan fingerprint density at radius 2 is 2.00 bits per heavy atom. The van der Waals surface area contributed by atoms with E-state index in [9.17, 15) is 0 Å². The van der Waals surface area contributed by atoms with Crippen LogP contribution in [0.1, 0.15) is 37.4 Å². The Bertz CT molecular complexity index is 598. The Balaban J connectivity index is 2.13. The van der Waals surface area contributed by atoms with Crippen LogP contribution in [0, 0.1) is 6.92 Å². The van der Waals surface area contributed by atoms with E-state index in [-0.39, 0.29) is 0 Å². The largest absolute Gasteiger partial charge is 0.457 e. The Hall–Kier alpha value is -1.51. The molecule has 1 atom stereocenters. The first-order chi connectivity index (χ1) is 10.1. The van der Waals surface area contributed by atoms with Gasteiger partial charge in [-0.15, -0.1) is 0 Å². The molecule has 0 aromatic heterocycles. The lowest BCUT2D eigenvalue weighted by Crippen LogP contribution is -2.19. The normalized spacial score (nSPS) is 12.2. The number of nitrogens with one attached hydrogen (secondary N) is 1. The van der Waals surface area contributed by atoms with E-state index >= 15 is 0 Å². The molecule has 3 heteroatoms. The SMILES string of the molecule is CCCNC(C)c1cccc(Oc2ccc(Cl)cc2C)c1. The van der Waals surface area contributed by atoms with E-state index < -0.39 is 0 Å². The van der Waals surface area contributed by atoms with Gasteiger partial charge < -0.3 is 10.1 Å². The molecule has 2 aromatic rings. The number of ether oxygens (including phenoxy) is 1. The van der Waals surface area contributed by atoms with Crippen LogP contribution in [0.3, 0.4) is 0 Å². The van der Waals surface area contributed by atoms with Crippen LogP contribution in [0.5, 0.6) is 11.5 Å². The second-order valence-electron chi connectivity index (χ2n) is 5.26. The minimum absolute atomic E-state index is 0.319. The number of aryl methyl sites for hydroxylation is 1. The summed E-state index contributed by atoms with van der Waals surface area (Å²) in [5.74, 6) is 1.69. The highest BCUT2D eigenvalue weighted by atomic mass is 35.5. The smallest absolute Gasteiger partial charge is 0.130 e. The van der Waals surface area contributed by atoms with Crippen LogP contribution in [0.2, 0.25) is 5.02 Å². The molecule has 21 heavy (non-hydrogen) atoms. The summed E-state index contributed by atoms with van der Waals surface area (Å²) >= 11 is 5.97. The first-order valence-corrected chi connectivity index (χ1v) is 7.75. The van der Waals surface area contributed by atoms with Gasteiger partial charge in [0.15, 0.2) is 0 Å². The third kappa shape index (κ3) is 4.48. The third-order valence-electron chi connectivity index (χ3n) is 3.42. The highest BCUT2D eigenvalue weighted by Crippen LogP contribution is 2.28. The quantitative estimate of drug-likeness (QED) is 0.760. The van der Waals surface area contributed by atoms with E-state index in [1.54, 1.807) is 0 Å². The van der Waals surface area contributed by atoms with Crippen molar-refractivity contribution in [2.45, 2.75) is 33.2 Å². The number of halogens is 1. The van der Waals surface area contributed by atoms with Gasteiger partial charge in [-0.3, -0.25) is 0 Å². The fraction of sp³-hybridized carbons (Fsp3) is 0.333. The van der Waals surface area contributed by atoms with Gasteiger partial charge in [0.25, 0.3) is 0 Å². The predicted octanol–water partition coefficient (Wildman–Crippen LogP) is 5.50. The summed E-state index contributed by atoms with van der Waals surface area (Å²) in [6.07, 6.45) is 1.13. The lowest BCUT2D eigenvalue weighted by Gasteiger charge is -2.15. The predicted molar refractivity (Wildman–Crippen MR) is 89.4 cm³/mol. The number of benzene rings is 2. The molecule has 0 amide bonds. The van der Waals surface area contributed by atoms with Crippen LogP contribution in [-0.2, 0) is 0 Å². The van der Waals surface area contributed by atoms with Crippen molar-refractivity contribution in [2.24, 2.45) is 0 Å². The second-order valence-corrected chi connectivity index (χ2v) is 5.70. The maximum absolute atomic E-state index is 5.97. The molecular weight excluding hydrogens is 282 g/mol. The fourth-order valence-electron chi connectivity index (χ4n) is 2.18. The van der Waals surface area contributed by atoms with Crippen LogP contribution >= 0.6 is 11.6 Å². The molecule has 2 nitrogen and oxygen atoms in total. The van der Waals surface area contributed by atoms with E-state index in [1.165, 1.54) is 5.56 Å². The summed E-state index contributed by atoms with van der Waals surface area (Å²) in [4.78, 5) is 0. The molecule has 0 saturated heterocycles. The van der Waals surface area contributed by atoms with Crippen LogP contribution in [0.25, 0.3) is 0 Å². The van der Waals surface area contributed by atoms with Gasteiger partial charge in [-0.25, -0.2) is 0 Å². The molecule has 2 rings (SSSR count). The monoisotopic (exact) mass is 303 g/mol. The molecule has 0 heterocycles. The Morgan fingerprint density at radius 1 is 1.19 bits per heavy atom. The van der Waals surface area contributed by atoms with Crippen molar-refractivity contribution in [2.75, 3.05) is 6.54 Å². The lowest BCUT2D eigenvalue weighted by atomic mass is 10.1. The zero-order valence-electron chi connectivity index (χ0n) is 12.8. The molecule has 0 saturated carbocycles. The summed E-state index contributed by atoms with van der Waals surface area (Å²) in [5, 5.41) is 4.21. The summed E-state index contributed by atoms with van der Waals surface area (Å²) in [5.41, 5.74) is 2.26. The van der Waals surface area contributed by atoms with Gasteiger partial charge in [-0.2, -0.15) is 0 Å². The Labute approximate surface area is 132 Å². The van der Waals surface area contributed by atoms with E-state index in [2.05, 4.69) is 31.3 Å². The van der Waals surface area contributed by atoms with Gasteiger partial charge in [0.2, 0.25) is 0 Å². The Morgan fingerprint density at radius 3 is 2.71 bits per heavy atom. The van der Waals surface area contributed by atoms with E-state index in [4.69, 9.17) is 16.3 Å².